The minimum Gasteiger partial charge on any atom is -0.464 e. The van der Waals surface area contributed by atoms with Gasteiger partial charge in [-0.3, -0.25) is 14.4 Å². The molecule has 0 unspecified atom stereocenters. The van der Waals surface area contributed by atoms with Crippen LogP contribution in [-0.2, 0) is 27.3 Å². The highest BCUT2D eigenvalue weighted by atomic mass is 16.6. The average Bonchev–Trinajstić information content (AvgIpc) is 3.68. The van der Waals surface area contributed by atoms with E-state index in [0.29, 0.717) is 36.6 Å². The molecular weight excluding hydrogens is 594 g/mol. The summed E-state index contributed by atoms with van der Waals surface area (Å²) in [5.41, 5.74) is 1.21. The summed E-state index contributed by atoms with van der Waals surface area (Å²) in [7, 11) is 0. The lowest BCUT2D eigenvalue weighted by Crippen LogP contribution is -2.45. The first-order chi connectivity index (χ1) is 22.1. The number of aromatic nitrogens is 2. The third-order valence-corrected chi connectivity index (χ3v) is 7.65. The van der Waals surface area contributed by atoms with Crippen molar-refractivity contribution < 1.29 is 34.1 Å². The first-order valence-corrected chi connectivity index (χ1v) is 15.4. The predicted octanol–water partition coefficient (Wildman–Crippen LogP) is 3.56. The van der Waals surface area contributed by atoms with Gasteiger partial charge in [-0.1, -0.05) is 38.1 Å². The normalized spacial score (nSPS) is 13.8. The van der Waals surface area contributed by atoms with Crippen molar-refractivity contribution in [2.24, 2.45) is 5.92 Å². The van der Waals surface area contributed by atoms with Gasteiger partial charge in [-0.2, -0.15) is 0 Å². The minimum absolute atomic E-state index is 0.0683. The van der Waals surface area contributed by atoms with Crippen LogP contribution >= 0.6 is 0 Å². The van der Waals surface area contributed by atoms with E-state index in [1.165, 1.54) is 27.5 Å². The summed E-state index contributed by atoms with van der Waals surface area (Å²) in [6.45, 7) is 4.79. The number of alkyl carbamates (subject to hydrolysis) is 1. The summed E-state index contributed by atoms with van der Waals surface area (Å²) in [5.74, 6) is -0.498. The average molecular weight is 636 g/mol. The van der Waals surface area contributed by atoms with Gasteiger partial charge in [0.1, 0.15) is 18.3 Å². The van der Waals surface area contributed by atoms with Gasteiger partial charge < -0.3 is 35.1 Å². The number of amides is 3. The van der Waals surface area contributed by atoms with Gasteiger partial charge in [-0.15, -0.1) is 0 Å². The Bertz CT molecular complexity index is 1650. The number of hydrogen-bond donors (Lipinski definition) is 4. The van der Waals surface area contributed by atoms with Gasteiger partial charge in [0, 0.05) is 24.7 Å². The van der Waals surface area contributed by atoms with Gasteiger partial charge in [0.25, 0.3) is 5.56 Å². The van der Waals surface area contributed by atoms with E-state index in [9.17, 15) is 29.1 Å². The van der Waals surface area contributed by atoms with Crippen molar-refractivity contribution >= 4 is 40.6 Å². The number of aliphatic hydroxyl groups excluding tert-OH is 1. The van der Waals surface area contributed by atoms with Gasteiger partial charge in [-0.05, 0) is 67.9 Å². The Labute approximate surface area is 266 Å². The van der Waals surface area contributed by atoms with E-state index < -0.39 is 36.3 Å². The fourth-order valence-corrected chi connectivity index (χ4v) is 5.56. The number of carbonyl (C=O) groups excluding carboxylic acids is 3. The lowest BCUT2D eigenvalue weighted by molar-refractivity contribution is -0.125. The van der Waals surface area contributed by atoms with Crippen LogP contribution in [0.25, 0.3) is 10.9 Å². The molecule has 13 nitrogen and oxygen atoms in total. The van der Waals surface area contributed by atoms with E-state index >= 15 is 0 Å². The summed E-state index contributed by atoms with van der Waals surface area (Å²) in [6.07, 6.45) is 5.47. The Morgan fingerprint density at radius 1 is 1.09 bits per heavy atom. The Morgan fingerprint density at radius 2 is 1.85 bits per heavy atom. The molecule has 1 atom stereocenters. The Hall–Kier alpha value is -4.91. The fraction of sp³-hybridized carbons (Fsp3) is 0.424. The molecule has 13 heteroatoms. The number of likely N-dealkylation sites (tertiary alicyclic amines) is 1. The molecule has 0 spiro atoms. The van der Waals surface area contributed by atoms with E-state index in [4.69, 9.17) is 9.84 Å². The lowest BCUT2D eigenvalue weighted by atomic mass is 10.0. The fourth-order valence-electron chi connectivity index (χ4n) is 5.56. The number of aliphatic hydroxyl groups is 1. The van der Waals surface area contributed by atoms with Crippen LogP contribution in [0.2, 0.25) is 0 Å². The second-order valence-electron chi connectivity index (χ2n) is 11.6. The predicted molar refractivity (Wildman–Crippen MR) is 172 cm³/mol. The third-order valence-electron chi connectivity index (χ3n) is 7.65. The topological polar surface area (TPSA) is 172 Å². The highest BCUT2D eigenvalue weighted by Crippen LogP contribution is 2.26. The van der Waals surface area contributed by atoms with Crippen molar-refractivity contribution in [2.75, 3.05) is 31.6 Å². The standard InChI is InChI=1S/C33H41N5O8/c1-22(2)19-23-9-7-10-24-20-25(38(29(23)24)33(44)45)21-37-16-8-12-27(31(37)42)34-30(41)26(35-32(43)46-18-17-39)11-3-4-13-28(40)36-14-5-6-15-36/h4,7-10,12-13,16,20,22,26,39H,3,5-6,11,14-15,17-19,21H2,1-2H3,(H,34,41)(H,35,43)(H,44,45)/b13-4+/t26-/m0/s1. The molecule has 0 saturated carbocycles. The maximum Gasteiger partial charge on any atom is 0.416 e. The van der Waals surface area contributed by atoms with Crippen molar-refractivity contribution in [1.82, 2.24) is 19.4 Å². The molecule has 1 saturated heterocycles. The molecule has 1 fully saturated rings. The summed E-state index contributed by atoms with van der Waals surface area (Å²) >= 11 is 0. The molecule has 0 radical (unpaired) electrons. The zero-order valence-corrected chi connectivity index (χ0v) is 26.1. The zero-order chi connectivity index (χ0) is 33.2. The largest absolute Gasteiger partial charge is 0.464 e. The molecule has 246 valence electrons. The molecule has 3 amide bonds. The van der Waals surface area contributed by atoms with Crippen LogP contribution < -0.4 is 16.2 Å². The molecule has 0 bridgehead atoms. The molecule has 2 aromatic heterocycles. The number of fused-ring (bicyclic) bond motifs is 1. The van der Waals surface area contributed by atoms with Crippen molar-refractivity contribution in [1.29, 1.82) is 0 Å². The van der Waals surface area contributed by atoms with Crippen LogP contribution in [0.1, 0.15) is 50.8 Å². The maximum atomic E-state index is 13.5. The van der Waals surface area contributed by atoms with Gasteiger partial charge in [0.05, 0.1) is 24.4 Å². The van der Waals surface area contributed by atoms with Crippen molar-refractivity contribution in [3.05, 3.63) is 76.4 Å². The molecule has 1 aliphatic heterocycles. The highest BCUT2D eigenvalue weighted by Gasteiger charge is 2.23. The Kier molecular flexibility index (Phi) is 11.7. The monoisotopic (exact) mass is 635 g/mol. The molecule has 3 heterocycles. The number of ether oxygens (including phenoxy) is 1. The summed E-state index contributed by atoms with van der Waals surface area (Å²) in [6, 6.07) is 9.20. The molecule has 1 aromatic carbocycles. The van der Waals surface area contributed by atoms with E-state index in [2.05, 4.69) is 24.5 Å². The number of carbonyl (C=O) groups is 4. The van der Waals surface area contributed by atoms with E-state index in [1.54, 1.807) is 23.1 Å². The van der Waals surface area contributed by atoms with Crippen LogP contribution in [0.5, 0.6) is 0 Å². The quantitative estimate of drug-likeness (QED) is 0.207. The van der Waals surface area contributed by atoms with Gasteiger partial charge in [0.2, 0.25) is 11.8 Å². The first-order valence-electron chi connectivity index (χ1n) is 15.4. The minimum atomic E-state index is -1.17. The highest BCUT2D eigenvalue weighted by molar-refractivity contribution is 5.96. The smallest absolute Gasteiger partial charge is 0.416 e. The number of carboxylic acid groups (broad SMARTS) is 1. The number of anilines is 1. The molecule has 46 heavy (non-hydrogen) atoms. The molecular formula is C33H41N5O8. The molecule has 0 aliphatic carbocycles. The van der Waals surface area contributed by atoms with Gasteiger partial charge in [-0.25, -0.2) is 14.2 Å². The molecule has 1 aliphatic rings. The number of nitrogens with zero attached hydrogens (tertiary/aromatic N) is 3. The molecule has 3 aromatic rings. The maximum absolute atomic E-state index is 13.5. The number of para-hydroxylation sites is 1. The summed E-state index contributed by atoms with van der Waals surface area (Å²) < 4.78 is 7.35. The van der Waals surface area contributed by atoms with Crippen LogP contribution in [-0.4, -0.2) is 80.6 Å². The third kappa shape index (κ3) is 8.62. The lowest BCUT2D eigenvalue weighted by Gasteiger charge is -2.18. The number of benzene rings is 1. The summed E-state index contributed by atoms with van der Waals surface area (Å²) in [4.78, 5) is 65.4. The first kappa shape index (κ1) is 34.0. The number of rotatable bonds is 13. The second kappa shape index (κ2) is 15.9. The van der Waals surface area contributed by atoms with Crippen molar-refractivity contribution in [3.8, 4) is 0 Å². The van der Waals surface area contributed by atoms with Crippen LogP contribution in [0.15, 0.2) is 59.5 Å². The van der Waals surface area contributed by atoms with Crippen molar-refractivity contribution in [3.63, 3.8) is 0 Å². The van der Waals surface area contributed by atoms with Gasteiger partial charge in [0.15, 0.2) is 0 Å². The van der Waals surface area contributed by atoms with E-state index in [1.807, 2.05) is 18.2 Å². The van der Waals surface area contributed by atoms with Crippen LogP contribution in [0.3, 0.4) is 0 Å². The van der Waals surface area contributed by atoms with E-state index in [0.717, 1.165) is 23.8 Å². The SMILES string of the molecule is CC(C)Cc1cccc2cc(Cn3cccc(NC(=O)[C@H](CC/C=C/C(=O)N4CCCC4)NC(=O)OCCO)c3=O)n(C(=O)O)c12. The zero-order valence-electron chi connectivity index (χ0n) is 26.1. The van der Waals surface area contributed by atoms with Crippen molar-refractivity contribution in [2.45, 2.75) is 58.5 Å². The number of hydrogen-bond acceptors (Lipinski definition) is 7. The molecule has 4 N–H and O–H groups in total. The second-order valence-corrected chi connectivity index (χ2v) is 11.6. The van der Waals surface area contributed by atoms with Gasteiger partial charge >= 0.3 is 12.2 Å². The van der Waals surface area contributed by atoms with E-state index in [-0.39, 0.29) is 37.6 Å². The summed E-state index contributed by atoms with van der Waals surface area (Å²) in [5, 5.41) is 24.9. The number of pyridine rings is 1. The van der Waals surface area contributed by atoms with Crippen LogP contribution in [0.4, 0.5) is 15.3 Å². The van der Waals surface area contributed by atoms with Crippen LogP contribution in [0, 0.1) is 5.92 Å². The Balaban J connectivity index is 1.53. The Morgan fingerprint density at radius 3 is 2.54 bits per heavy atom. The number of allylic oxidation sites excluding steroid dienone is 1. The number of nitrogens with one attached hydrogen (secondary N) is 2. The molecule has 4 rings (SSSR count).